The van der Waals surface area contributed by atoms with Gasteiger partial charge in [-0.15, -0.1) is 0 Å². The van der Waals surface area contributed by atoms with Gasteiger partial charge >= 0.3 is 0 Å². The predicted octanol–water partition coefficient (Wildman–Crippen LogP) is 2.19. The van der Waals surface area contributed by atoms with Gasteiger partial charge in [0.1, 0.15) is 0 Å². The molecule has 2 aromatic rings. The molecule has 1 amide bonds. The van der Waals surface area contributed by atoms with Crippen molar-refractivity contribution in [3.8, 4) is 0 Å². The van der Waals surface area contributed by atoms with E-state index < -0.39 is 0 Å². The second-order valence-electron chi connectivity index (χ2n) is 5.76. The number of hydrogen-bond acceptors (Lipinski definition) is 3. The maximum Gasteiger partial charge on any atom is 0.243 e. The number of carbonyl (C=O) groups is 1. The van der Waals surface area contributed by atoms with Gasteiger partial charge in [0.25, 0.3) is 0 Å². The second kappa shape index (κ2) is 5.69. The van der Waals surface area contributed by atoms with E-state index in [1.165, 1.54) is 11.1 Å². The largest absolute Gasteiger partial charge is 0.308 e. The number of anilines is 1. The Morgan fingerprint density at radius 1 is 1.33 bits per heavy atom. The summed E-state index contributed by atoms with van der Waals surface area (Å²) >= 11 is 0. The third-order valence-corrected chi connectivity index (χ3v) is 3.87. The van der Waals surface area contributed by atoms with E-state index >= 15 is 0 Å². The van der Waals surface area contributed by atoms with Gasteiger partial charge in [-0.1, -0.05) is 38.1 Å². The minimum Gasteiger partial charge on any atom is -0.308 e. The predicted molar refractivity (Wildman–Crippen MR) is 82.1 cm³/mol. The molecule has 0 unspecified atom stereocenters. The topological polar surface area (TPSA) is 69.8 Å². The molecule has 5 heteroatoms. The van der Waals surface area contributed by atoms with Crippen LogP contribution >= 0.6 is 0 Å². The number of aromatic nitrogens is 2. The molecule has 5 nitrogen and oxygen atoms in total. The summed E-state index contributed by atoms with van der Waals surface area (Å²) in [4.78, 5) is 12.3. The van der Waals surface area contributed by atoms with Crippen molar-refractivity contribution in [2.24, 2.45) is 0 Å². The molecule has 3 rings (SSSR count). The first-order chi connectivity index (χ1) is 10.1. The molecule has 0 radical (unpaired) electrons. The molecular formula is C16H20N4O. The van der Waals surface area contributed by atoms with Gasteiger partial charge in [-0.05, 0) is 23.5 Å². The van der Waals surface area contributed by atoms with Crippen LogP contribution in [0.2, 0.25) is 0 Å². The molecular weight excluding hydrogens is 264 g/mol. The summed E-state index contributed by atoms with van der Waals surface area (Å²) < 4.78 is 0. The summed E-state index contributed by atoms with van der Waals surface area (Å²) in [5.41, 5.74) is 3.52. The lowest BCUT2D eigenvalue weighted by Crippen LogP contribution is -2.44. The Labute approximate surface area is 124 Å². The molecule has 1 aliphatic heterocycles. The molecule has 1 aliphatic rings. The zero-order valence-corrected chi connectivity index (χ0v) is 12.3. The number of nitrogens with zero attached hydrogens (tertiary/aromatic N) is 1. The fraction of sp³-hybridized carbons (Fsp3) is 0.375. The lowest BCUT2D eigenvalue weighted by atomic mass is 9.95. The molecule has 0 aliphatic carbocycles. The van der Waals surface area contributed by atoms with Crippen LogP contribution in [0.15, 0.2) is 30.3 Å². The van der Waals surface area contributed by atoms with E-state index in [2.05, 4.69) is 46.8 Å². The summed E-state index contributed by atoms with van der Waals surface area (Å²) in [5.74, 6) is 0.915. The molecule has 1 aromatic heterocycles. The highest BCUT2D eigenvalue weighted by Gasteiger charge is 2.24. The molecule has 110 valence electrons. The maximum atomic E-state index is 12.3. The van der Waals surface area contributed by atoms with E-state index in [-0.39, 0.29) is 11.9 Å². The Kier molecular flexibility index (Phi) is 3.75. The van der Waals surface area contributed by atoms with Crippen LogP contribution in [0.1, 0.15) is 36.6 Å². The summed E-state index contributed by atoms with van der Waals surface area (Å²) in [7, 11) is 0. The Hall–Kier alpha value is -2.14. The molecule has 3 N–H and O–H groups in total. The Balaban J connectivity index is 1.66. The quantitative estimate of drug-likeness (QED) is 0.809. The molecule has 0 spiro atoms. The van der Waals surface area contributed by atoms with E-state index in [0.717, 1.165) is 12.2 Å². The van der Waals surface area contributed by atoms with Gasteiger partial charge in [-0.3, -0.25) is 9.89 Å². The lowest BCUT2D eigenvalue weighted by Gasteiger charge is -2.24. The van der Waals surface area contributed by atoms with Crippen molar-refractivity contribution in [3.05, 3.63) is 47.2 Å². The van der Waals surface area contributed by atoms with Crippen molar-refractivity contribution in [3.63, 3.8) is 0 Å². The first-order valence-electron chi connectivity index (χ1n) is 7.30. The van der Waals surface area contributed by atoms with Crippen molar-refractivity contribution in [1.29, 1.82) is 0 Å². The van der Waals surface area contributed by atoms with E-state index in [1.807, 2.05) is 18.2 Å². The van der Waals surface area contributed by atoms with E-state index in [4.69, 9.17) is 0 Å². The number of nitrogens with one attached hydrogen (secondary N) is 3. The third-order valence-electron chi connectivity index (χ3n) is 3.87. The maximum absolute atomic E-state index is 12.3. The molecule has 1 aromatic carbocycles. The van der Waals surface area contributed by atoms with Gasteiger partial charge in [0.15, 0.2) is 5.82 Å². The molecule has 0 fully saturated rings. The van der Waals surface area contributed by atoms with Crippen LogP contribution in [0.4, 0.5) is 5.82 Å². The molecule has 0 saturated carbocycles. The van der Waals surface area contributed by atoms with Crippen LogP contribution in [0.3, 0.4) is 0 Å². The van der Waals surface area contributed by atoms with E-state index in [0.29, 0.717) is 18.2 Å². The van der Waals surface area contributed by atoms with Crippen molar-refractivity contribution >= 4 is 11.7 Å². The van der Waals surface area contributed by atoms with Crippen molar-refractivity contribution in [2.45, 2.75) is 38.8 Å². The van der Waals surface area contributed by atoms with Crippen molar-refractivity contribution < 1.29 is 4.79 Å². The molecule has 0 saturated heterocycles. The van der Waals surface area contributed by atoms with Crippen LogP contribution in [0.25, 0.3) is 0 Å². The SMILES string of the molecule is CC(C)c1cc(NC(=O)[C@H]2Cc3ccccc3CN2)n[nH]1. The van der Waals surface area contributed by atoms with Crippen molar-refractivity contribution in [2.75, 3.05) is 5.32 Å². The smallest absolute Gasteiger partial charge is 0.243 e. The normalized spacial score (nSPS) is 17.6. The van der Waals surface area contributed by atoms with Crippen LogP contribution < -0.4 is 10.6 Å². The summed E-state index contributed by atoms with van der Waals surface area (Å²) in [6.07, 6.45) is 0.712. The summed E-state index contributed by atoms with van der Waals surface area (Å²) in [6, 6.07) is 9.90. The number of benzene rings is 1. The van der Waals surface area contributed by atoms with Gasteiger partial charge in [0.2, 0.25) is 5.91 Å². The van der Waals surface area contributed by atoms with Crippen LogP contribution in [-0.2, 0) is 17.8 Å². The zero-order chi connectivity index (χ0) is 14.8. The number of rotatable bonds is 3. The minimum absolute atomic E-state index is 0.0358. The molecule has 21 heavy (non-hydrogen) atoms. The zero-order valence-electron chi connectivity index (χ0n) is 12.3. The van der Waals surface area contributed by atoms with Gasteiger partial charge in [-0.2, -0.15) is 5.10 Å². The highest BCUT2D eigenvalue weighted by Crippen LogP contribution is 2.18. The van der Waals surface area contributed by atoms with Crippen LogP contribution in [0, 0.1) is 0 Å². The highest BCUT2D eigenvalue weighted by molar-refractivity contribution is 5.94. The van der Waals surface area contributed by atoms with Crippen LogP contribution in [-0.4, -0.2) is 22.1 Å². The van der Waals surface area contributed by atoms with Gasteiger partial charge in [0, 0.05) is 18.3 Å². The third kappa shape index (κ3) is 2.97. The Morgan fingerprint density at radius 2 is 2.10 bits per heavy atom. The summed E-state index contributed by atoms with van der Waals surface area (Å²) in [6.45, 7) is 4.89. The molecule has 2 heterocycles. The minimum atomic E-state index is -0.209. The highest BCUT2D eigenvalue weighted by atomic mass is 16.2. The number of hydrogen-bond donors (Lipinski definition) is 3. The fourth-order valence-corrected chi connectivity index (χ4v) is 2.55. The first-order valence-corrected chi connectivity index (χ1v) is 7.30. The van der Waals surface area contributed by atoms with Gasteiger partial charge in [0.05, 0.1) is 6.04 Å². The van der Waals surface area contributed by atoms with E-state index in [9.17, 15) is 4.79 Å². The first kappa shape index (κ1) is 13.8. The lowest BCUT2D eigenvalue weighted by molar-refractivity contribution is -0.118. The van der Waals surface area contributed by atoms with Gasteiger partial charge < -0.3 is 10.6 Å². The second-order valence-corrected chi connectivity index (χ2v) is 5.76. The number of amides is 1. The average molecular weight is 284 g/mol. The van der Waals surface area contributed by atoms with E-state index in [1.54, 1.807) is 0 Å². The number of aromatic amines is 1. The standard InChI is InChI=1S/C16H20N4O/c1-10(2)13-8-15(20-19-13)18-16(21)14-7-11-5-3-4-6-12(11)9-17-14/h3-6,8,10,14,17H,7,9H2,1-2H3,(H2,18,19,20,21)/t14-/m1/s1. The molecule has 0 bridgehead atoms. The Morgan fingerprint density at radius 3 is 2.81 bits per heavy atom. The van der Waals surface area contributed by atoms with Crippen molar-refractivity contribution in [1.82, 2.24) is 15.5 Å². The summed E-state index contributed by atoms with van der Waals surface area (Å²) in [5, 5.41) is 13.2. The number of H-pyrrole nitrogens is 1. The Bertz CT molecular complexity index is 647. The average Bonchev–Trinajstić information content (AvgIpc) is 2.95. The fourth-order valence-electron chi connectivity index (χ4n) is 2.55. The monoisotopic (exact) mass is 284 g/mol. The number of fused-ring (bicyclic) bond motifs is 1. The molecule has 1 atom stereocenters. The number of carbonyl (C=O) groups excluding carboxylic acids is 1. The van der Waals surface area contributed by atoms with Crippen LogP contribution in [0.5, 0.6) is 0 Å². The van der Waals surface area contributed by atoms with Gasteiger partial charge in [-0.25, -0.2) is 0 Å².